The van der Waals surface area contributed by atoms with E-state index in [0.29, 0.717) is 0 Å². The third-order valence-electron chi connectivity index (χ3n) is 2.93. The summed E-state index contributed by atoms with van der Waals surface area (Å²) in [5.74, 6) is 0. The van der Waals surface area contributed by atoms with E-state index in [-0.39, 0.29) is 0 Å². The molecule has 1 aromatic carbocycles. The smallest absolute Gasteiger partial charge is 0.160 e. The molecule has 2 aromatic heterocycles. The number of carbonyl (C=O) groups excluding carboxylic acids is 1. The van der Waals surface area contributed by atoms with Gasteiger partial charge < -0.3 is 4.98 Å². The molecule has 3 heteroatoms. The van der Waals surface area contributed by atoms with Gasteiger partial charge in [-0.05, 0) is 24.6 Å². The Kier molecular flexibility index (Phi) is 2.34. The number of aldehydes is 1. The first-order valence-corrected chi connectivity index (χ1v) is 6.23. The van der Waals surface area contributed by atoms with E-state index in [1.807, 2.05) is 24.4 Å². The molecule has 0 aliphatic carbocycles. The Morgan fingerprint density at radius 2 is 2.06 bits per heavy atom. The van der Waals surface area contributed by atoms with Crippen LogP contribution in [0.15, 0.2) is 36.5 Å². The first-order chi connectivity index (χ1) is 8.29. The van der Waals surface area contributed by atoms with Gasteiger partial charge in [0.1, 0.15) is 0 Å². The number of carbonyl (C=O) groups is 1. The van der Waals surface area contributed by atoms with Crippen LogP contribution in [0, 0.1) is 6.92 Å². The Labute approximate surface area is 103 Å². The summed E-state index contributed by atoms with van der Waals surface area (Å²) in [6.45, 7) is 2.05. The van der Waals surface area contributed by atoms with Crippen LogP contribution in [0.5, 0.6) is 0 Å². The van der Waals surface area contributed by atoms with Crippen LogP contribution in [0.4, 0.5) is 0 Å². The maximum absolute atomic E-state index is 10.8. The Bertz CT molecular complexity index is 693. The van der Waals surface area contributed by atoms with E-state index >= 15 is 0 Å². The molecule has 0 unspecified atom stereocenters. The van der Waals surface area contributed by atoms with Gasteiger partial charge in [-0.15, -0.1) is 11.3 Å². The predicted molar refractivity (Wildman–Crippen MR) is 71.7 cm³/mol. The van der Waals surface area contributed by atoms with Gasteiger partial charge in [-0.25, -0.2) is 0 Å². The molecule has 17 heavy (non-hydrogen) atoms. The zero-order chi connectivity index (χ0) is 11.8. The molecule has 0 amide bonds. The van der Waals surface area contributed by atoms with Crippen molar-refractivity contribution in [3.63, 3.8) is 0 Å². The van der Waals surface area contributed by atoms with Crippen LogP contribution in [0.1, 0.15) is 14.5 Å². The number of nitrogens with one attached hydrogen (secondary N) is 1. The molecular weight excluding hydrogens is 230 g/mol. The number of aryl methyl sites for hydroxylation is 1. The van der Waals surface area contributed by atoms with Gasteiger partial charge in [0, 0.05) is 27.5 Å². The number of para-hydroxylation sites is 1. The van der Waals surface area contributed by atoms with E-state index in [0.717, 1.165) is 22.2 Å². The summed E-state index contributed by atoms with van der Waals surface area (Å²) >= 11 is 1.54. The number of thiophene rings is 1. The molecule has 0 fully saturated rings. The lowest BCUT2D eigenvalue weighted by Gasteiger charge is -1.97. The van der Waals surface area contributed by atoms with E-state index in [1.54, 1.807) is 0 Å². The maximum atomic E-state index is 10.8. The van der Waals surface area contributed by atoms with Gasteiger partial charge in [-0.2, -0.15) is 0 Å². The summed E-state index contributed by atoms with van der Waals surface area (Å²) < 4.78 is 0. The molecule has 0 bridgehead atoms. The fourth-order valence-electron chi connectivity index (χ4n) is 2.12. The van der Waals surface area contributed by atoms with Gasteiger partial charge in [-0.1, -0.05) is 18.2 Å². The summed E-state index contributed by atoms with van der Waals surface area (Å²) in [6.07, 6.45) is 2.92. The molecule has 1 N–H and O–H groups in total. The number of H-pyrrole nitrogens is 1. The van der Waals surface area contributed by atoms with E-state index in [2.05, 4.69) is 24.0 Å². The third-order valence-corrected chi connectivity index (χ3v) is 3.91. The highest BCUT2D eigenvalue weighted by Gasteiger charge is 2.11. The Morgan fingerprint density at radius 1 is 1.24 bits per heavy atom. The van der Waals surface area contributed by atoms with Crippen LogP contribution >= 0.6 is 11.3 Å². The van der Waals surface area contributed by atoms with Gasteiger partial charge in [0.15, 0.2) is 6.29 Å². The normalized spacial score (nSPS) is 10.9. The van der Waals surface area contributed by atoms with E-state index in [9.17, 15) is 4.79 Å². The van der Waals surface area contributed by atoms with Crippen molar-refractivity contribution in [3.05, 3.63) is 46.3 Å². The molecule has 0 aliphatic rings. The minimum atomic E-state index is 0.780. The summed E-state index contributed by atoms with van der Waals surface area (Å²) in [6, 6.07) is 10.2. The number of fused-ring (bicyclic) bond motifs is 1. The van der Waals surface area contributed by atoms with Crippen molar-refractivity contribution in [2.24, 2.45) is 0 Å². The number of hydrogen-bond acceptors (Lipinski definition) is 2. The molecule has 0 saturated carbocycles. The van der Waals surface area contributed by atoms with E-state index in [1.165, 1.54) is 27.2 Å². The topological polar surface area (TPSA) is 32.9 Å². The molecule has 0 aliphatic heterocycles. The minimum absolute atomic E-state index is 0.780. The lowest BCUT2D eigenvalue weighted by Crippen LogP contribution is -1.74. The molecule has 0 radical (unpaired) electrons. The zero-order valence-electron chi connectivity index (χ0n) is 9.36. The third kappa shape index (κ3) is 1.59. The van der Waals surface area contributed by atoms with Crippen molar-refractivity contribution in [1.82, 2.24) is 4.98 Å². The SMILES string of the molecule is Cc1sc(C=O)cc1-c1c[nH]c2ccccc12. The molecule has 84 valence electrons. The fourth-order valence-corrected chi connectivity index (χ4v) is 2.98. The van der Waals surface area contributed by atoms with Crippen LogP contribution in [0.25, 0.3) is 22.0 Å². The van der Waals surface area contributed by atoms with Crippen LogP contribution in [-0.2, 0) is 0 Å². The lowest BCUT2D eigenvalue weighted by molar-refractivity contribution is 0.112. The molecule has 0 atom stereocenters. The van der Waals surface area contributed by atoms with E-state index in [4.69, 9.17) is 0 Å². The number of rotatable bonds is 2. The Balaban J connectivity index is 2.26. The van der Waals surface area contributed by atoms with Crippen molar-refractivity contribution in [1.29, 1.82) is 0 Å². The van der Waals surface area contributed by atoms with Gasteiger partial charge >= 0.3 is 0 Å². The Hall–Kier alpha value is -1.87. The standard InChI is InChI=1S/C14H11NOS/c1-9-12(6-10(8-16)17-9)13-7-15-14-5-3-2-4-11(13)14/h2-8,15H,1H3. The highest BCUT2D eigenvalue weighted by atomic mass is 32.1. The maximum Gasteiger partial charge on any atom is 0.160 e. The summed E-state index contributed by atoms with van der Waals surface area (Å²) in [4.78, 5) is 16.0. The van der Waals surface area contributed by atoms with Gasteiger partial charge in [0.2, 0.25) is 0 Å². The molecular formula is C14H11NOS. The van der Waals surface area contributed by atoms with Crippen molar-refractivity contribution >= 4 is 28.5 Å². The lowest BCUT2D eigenvalue weighted by atomic mass is 10.1. The van der Waals surface area contributed by atoms with Crippen LogP contribution in [0.3, 0.4) is 0 Å². The second-order valence-corrected chi connectivity index (χ2v) is 5.27. The van der Waals surface area contributed by atoms with Crippen molar-refractivity contribution in [2.75, 3.05) is 0 Å². The first kappa shape index (κ1) is 10.3. The Morgan fingerprint density at radius 3 is 2.82 bits per heavy atom. The molecule has 3 rings (SSSR count). The minimum Gasteiger partial charge on any atom is -0.361 e. The summed E-state index contributed by atoms with van der Waals surface area (Å²) in [7, 11) is 0. The summed E-state index contributed by atoms with van der Waals surface area (Å²) in [5, 5.41) is 1.20. The average Bonchev–Trinajstić information content (AvgIpc) is 2.92. The molecule has 2 nitrogen and oxygen atoms in total. The van der Waals surface area contributed by atoms with E-state index < -0.39 is 0 Å². The fraction of sp³-hybridized carbons (Fsp3) is 0.0714. The van der Waals surface area contributed by atoms with Crippen LogP contribution < -0.4 is 0 Å². The largest absolute Gasteiger partial charge is 0.361 e. The van der Waals surface area contributed by atoms with Crippen LogP contribution in [0.2, 0.25) is 0 Å². The van der Waals surface area contributed by atoms with Crippen molar-refractivity contribution < 1.29 is 4.79 Å². The molecule has 2 heterocycles. The zero-order valence-corrected chi connectivity index (χ0v) is 10.2. The highest BCUT2D eigenvalue weighted by molar-refractivity contribution is 7.14. The van der Waals surface area contributed by atoms with Gasteiger partial charge in [-0.3, -0.25) is 4.79 Å². The molecule has 3 aromatic rings. The van der Waals surface area contributed by atoms with Crippen molar-refractivity contribution in [2.45, 2.75) is 6.92 Å². The quantitative estimate of drug-likeness (QED) is 0.675. The second-order valence-electron chi connectivity index (χ2n) is 3.98. The first-order valence-electron chi connectivity index (χ1n) is 5.41. The number of hydrogen-bond donors (Lipinski definition) is 1. The predicted octanol–water partition coefficient (Wildman–Crippen LogP) is 4.02. The molecule has 0 spiro atoms. The van der Waals surface area contributed by atoms with Crippen LogP contribution in [-0.4, -0.2) is 11.3 Å². The number of benzene rings is 1. The van der Waals surface area contributed by atoms with Gasteiger partial charge in [0.05, 0.1) is 4.88 Å². The monoisotopic (exact) mass is 241 g/mol. The number of aromatic amines is 1. The van der Waals surface area contributed by atoms with Crippen molar-refractivity contribution in [3.8, 4) is 11.1 Å². The summed E-state index contributed by atoms with van der Waals surface area (Å²) in [5.41, 5.74) is 3.44. The highest BCUT2D eigenvalue weighted by Crippen LogP contribution is 2.34. The average molecular weight is 241 g/mol. The van der Waals surface area contributed by atoms with Gasteiger partial charge in [0.25, 0.3) is 0 Å². The second kappa shape index (κ2) is 3.86. The molecule has 0 saturated heterocycles. The number of aromatic nitrogens is 1.